The van der Waals surface area contributed by atoms with Gasteiger partial charge in [-0.05, 0) is 69.2 Å². The zero-order chi connectivity index (χ0) is 24.3. The van der Waals surface area contributed by atoms with Gasteiger partial charge in [0.2, 0.25) is 11.8 Å². The second kappa shape index (κ2) is 13.4. The van der Waals surface area contributed by atoms with Crippen molar-refractivity contribution in [2.45, 2.75) is 102 Å². The maximum atomic E-state index is 13.0. The first-order chi connectivity index (χ1) is 16.5. The first-order valence-corrected chi connectivity index (χ1v) is 13.1. The molecule has 1 saturated heterocycles. The van der Waals surface area contributed by atoms with Gasteiger partial charge >= 0.3 is 0 Å². The lowest BCUT2D eigenvalue weighted by atomic mass is 9.90. The summed E-state index contributed by atoms with van der Waals surface area (Å²) in [7, 11) is 1.60. The summed E-state index contributed by atoms with van der Waals surface area (Å²) in [5, 5.41) is 6.30. The van der Waals surface area contributed by atoms with Crippen molar-refractivity contribution in [1.29, 1.82) is 0 Å². The van der Waals surface area contributed by atoms with E-state index >= 15 is 0 Å². The number of rotatable bonds is 11. The molecule has 7 nitrogen and oxygen atoms in total. The minimum atomic E-state index is -0.323. The molecule has 1 aromatic carbocycles. The highest BCUT2D eigenvalue weighted by atomic mass is 16.5. The molecule has 0 unspecified atom stereocenters. The van der Waals surface area contributed by atoms with Gasteiger partial charge in [-0.15, -0.1) is 0 Å². The predicted octanol–water partition coefficient (Wildman–Crippen LogP) is 4.20. The number of amides is 3. The number of nitrogens with zero attached hydrogens (tertiary/aromatic N) is 1. The van der Waals surface area contributed by atoms with E-state index in [-0.39, 0.29) is 35.8 Å². The number of hydrogen-bond acceptors (Lipinski definition) is 4. The van der Waals surface area contributed by atoms with Gasteiger partial charge in [-0.25, -0.2) is 0 Å². The van der Waals surface area contributed by atoms with Crippen molar-refractivity contribution in [3.63, 3.8) is 0 Å². The standard InChI is InChI=1S/C27H41N3O4/c1-3-4-5-6-7-10-25(31)30-19-8-9-24(30)27(33)29-22-15-13-21(14-16-22)28-26(32)20-11-17-23(34-2)18-12-20/h11-12,17-18,21-22,24H,3-10,13-16,19H2,1-2H3,(H,28,32)(H,29,33)/t21?,22?,24-/m0/s1. The molecule has 34 heavy (non-hydrogen) atoms. The summed E-state index contributed by atoms with van der Waals surface area (Å²) in [6.07, 6.45) is 11.1. The van der Waals surface area contributed by atoms with Crippen LogP contribution in [0.2, 0.25) is 0 Å². The lowest BCUT2D eigenvalue weighted by Crippen LogP contribution is -2.50. The second-order valence-electron chi connectivity index (χ2n) is 9.67. The van der Waals surface area contributed by atoms with E-state index in [1.165, 1.54) is 19.3 Å². The van der Waals surface area contributed by atoms with E-state index in [0.717, 1.165) is 57.1 Å². The van der Waals surface area contributed by atoms with Gasteiger partial charge in [0.05, 0.1) is 7.11 Å². The predicted molar refractivity (Wildman–Crippen MR) is 133 cm³/mol. The van der Waals surface area contributed by atoms with Gasteiger partial charge in [-0.3, -0.25) is 14.4 Å². The van der Waals surface area contributed by atoms with Gasteiger partial charge in [0.1, 0.15) is 11.8 Å². The molecule has 1 aliphatic carbocycles. The lowest BCUT2D eigenvalue weighted by Gasteiger charge is -2.31. The number of hydrogen-bond donors (Lipinski definition) is 2. The Morgan fingerprint density at radius 3 is 2.21 bits per heavy atom. The molecule has 1 aliphatic heterocycles. The van der Waals surface area contributed by atoms with Crippen LogP contribution in [0.3, 0.4) is 0 Å². The van der Waals surface area contributed by atoms with Crippen LogP contribution in [0.4, 0.5) is 0 Å². The van der Waals surface area contributed by atoms with Gasteiger partial charge in [0.15, 0.2) is 0 Å². The molecule has 0 bridgehead atoms. The smallest absolute Gasteiger partial charge is 0.251 e. The Bertz CT molecular complexity index is 803. The number of nitrogens with one attached hydrogen (secondary N) is 2. The number of likely N-dealkylation sites (tertiary alicyclic amines) is 1. The molecule has 0 spiro atoms. The average Bonchev–Trinajstić information content (AvgIpc) is 3.35. The Labute approximate surface area is 204 Å². The zero-order valence-corrected chi connectivity index (χ0v) is 20.8. The third kappa shape index (κ3) is 7.47. The second-order valence-corrected chi connectivity index (χ2v) is 9.67. The van der Waals surface area contributed by atoms with E-state index < -0.39 is 0 Å². The third-order valence-electron chi connectivity index (χ3n) is 7.13. The average molecular weight is 472 g/mol. The molecule has 7 heteroatoms. The van der Waals surface area contributed by atoms with Crippen LogP contribution in [0.25, 0.3) is 0 Å². The normalized spacial score (nSPS) is 22.3. The monoisotopic (exact) mass is 471 g/mol. The molecule has 2 N–H and O–H groups in total. The maximum Gasteiger partial charge on any atom is 0.251 e. The van der Waals surface area contributed by atoms with Gasteiger partial charge < -0.3 is 20.3 Å². The molecule has 0 radical (unpaired) electrons. The summed E-state index contributed by atoms with van der Waals surface area (Å²) in [6, 6.07) is 6.99. The van der Waals surface area contributed by atoms with Crippen molar-refractivity contribution in [3.8, 4) is 5.75 Å². The molecule has 1 saturated carbocycles. The van der Waals surface area contributed by atoms with Crippen LogP contribution in [0.15, 0.2) is 24.3 Å². The molecule has 3 amide bonds. The molecule has 1 aromatic rings. The van der Waals surface area contributed by atoms with Crippen molar-refractivity contribution in [1.82, 2.24) is 15.5 Å². The van der Waals surface area contributed by atoms with Gasteiger partial charge in [-0.1, -0.05) is 32.6 Å². The van der Waals surface area contributed by atoms with Crippen molar-refractivity contribution in [3.05, 3.63) is 29.8 Å². The van der Waals surface area contributed by atoms with Crippen molar-refractivity contribution < 1.29 is 19.1 Å². The molecular weight excluding hydrogens is 430 g/mol. The summed E-state index contributed by atoms with van der Waals surface area (Å²) < 4.78 is 5.14. The molecule has 0 aromatic heterocycles. The number of carbonyl (C=O) groups is 3. The molecule has 188 valence electrons. The first kappa shape index (κ1) is 26.0. The lowest BCUT2D eigenvalue weighted by molar-refractivity contribution is -0.138. The summed E-state index contributed by atoms with van der Waals surface area (Å²) >= 11 is 0. The molecule has 1 heterocycles. The largest absolute Gasteiger partial charge is 0.497 e. The fourth-order valence-electron chi connectivity index (χ4n) is 5.05. The van der Waals surface area contributed by atoms with Crippen LogP contribution in [-0.4, -0.2) is 54.4 Å². The van der Waals surface area contributed by atoms with Crippen LogP contribution < -0.4 is 15.4 Å². The number of carbonyl (C=O) groups excluding carboxylic acids is 3. The summed E-state index contributed by atoms with van der Waals surface area (Å²) in [4.78, 5) is 40.0. The van der Waals surface area contributed by atoms with Gasteiger partial charge in [0.25, 0.3) is 5.91 Å². The number of unbranched alkanes of at least 4 members (excludes halogenated alkanes) is 4. The van der Waals surface area contributed by atoms with Crippen LogP contribution in [0.5, 0.6) is 5.75 Å². The van der Waals surface area contributed by atoms with Crippen molar-refractivity contribution >= 4 is 17.7 Å². The van der Waals surface area contributed by atoms with Crippen molar-refractivity contribution in [2.75, 3.05) is 13.7 Å². The molecule has 3 rings (SSSR count). The molecular formula is C27H41N3O4. The number of methoxy groups -OCH3 is 1. The summed E-state index contributed by atoms with van der Waals surface area (Å²) in [5.74, 6) is 0.758. The minimum absolute atomic E-state index is 0.0115. The Balaban J connectivity index is 1.39. The summed E-state index contributed by atoms with van der Waals surface area (Å²) in [6.45, 7) is 2.87. The van der Waals surface area contributed by atoms with E-state index in [4.69, 9.17) is 4.74 Å². The highest BCUT2D eigenvalue weighted by molar-refractivity contribution is 5.94. The Kier molecular flexibility index (Phi) is 10.2. The molecule has 1 atom stereocenters. The zero-order valence-electron chi connectivity index (χ0n) is 20.8. The first-order valence-electron chi connectivity index (χ1n) is 13.1. The van der Waals surface area contributed by atoms with Crippen LogP contribution in [0.1, 0.15) is 94.3 Å². The van der Waals surface area contributed by atoms with E-state index in [9.17, 15) is 14.4 Å². The van der Waals surface area contributed by atoms with Crippen LogP contribution in [-0.2, 0) is 9.59 Å². The highest BCUT2D eigenvalue weighted by Crippen LogP contribution is 2.23. The Morgan fingerprint density at radius 2 is 1.56 bits per heavy atom. The number of ether oxygens (including phenoxy) is 1. The van der Waals surface area contributed by atoms with E-state index in [1.54, 1.807) is 36.3 Å². The number of benzene rings is 1. The van der Waals surface area contributed by atoms with E-state index in [2.05, 4.69) is 17.6 Å². The van der Waals surface area contributed by atoms with Crippen LogP contribution >= 0.6 is 0 Å². The van der Waals surface area contributed by atoms with Crippen LogP contribution in [0, 0.1) is 0 Å². The Hall–Kier alpha value is -2.57. The quantitative estimate of drug-likeness (QED) is 0.474. The highest BCUT2D eigenvalue weighted by Gasteiger charge is 2.35. The minimum Gasteiger partial charge on any atom is -0.497 e. The van der Waals surface area contributed by atoms with E-state index in [0.29, 0.717) is 18.5 Å². The maximum absolute atomic E-state index is 13.0. The van der Waals surface area contributed by atoms with E-state index in [1.807, 2.05) is 0 Å². The van der Waals surface area contributed by atoms with Gasteiger partial charge in [0, 0.05) is 30.6 Å². The molecule has 2 aliphatic rings. The van der Waals surface area contributed by atoms with Gasteiger partial charge in [-0.2, -0.15) is 0 Å². The summed E-state index contributed by atoms with van der Waals surface area (Å²) in [5.41, 5.74) is 0.618. The SMILES string of the molecule is CCCCCCCC(=O)N1CCC[C@H]1C(=O)NC1CCC(NC(=O)c2ccc(OC)cc2)CC1. The van der Waals surface area contributed by atoms with Crippen molar-refractivity contribution in [2.24, 2.45) is 0 Å². The molecule has 2 fully saturated rings. The fourth-order valence-corrected chi connectivity index (χ4v) is 5.05. The topological polar surface area (TPSA) is 87.7 Å². The third-order valence-corrected chi connectivity index (χ3v) is 7.13. The Morgan fingerprint density at radius 1 is 0.912 bits per heavy atom. The fraction of sp³-hybridized carbons (Fsp3) is 0.667.